The number of hydrogen-bond acceptors (Lipinski definition) is 3. The van der Waals surface area contributed by atoms with Gasteiger partial charge in [0, 0.05) is 0 Å². The number of alkyl halides is 6. The molecule has 0 spiro atoms. The molecule has 0 aromatic heterocycles. The van der Waals surface area contributed by atoms with Gasteiger partial charge in [0.1, 0.15) is 22.8 Å². The lowest BCUT2D eigenvalue weighted by molar-refractivity contribution is -0.164. The van der Waals surface area contributed by atoms with Crippen LogP contribution in [0.3, 0.4) is 0 Å². The molecule has 0 unspecified atom stereocenters. The van der Waals surface area contributed by atoms with E-state index in [1.165, 1.54) is 0 Å². The molecule has 0 heterocycles. The van der Waals surface area contributed by atoms with Gasteiger partial charge in [0.05, 0.1) is 5.56 Å². The number of halogens is 6. The Morgan fingerprint density at radius 1 is 1.09 bits per heavy atom. The van der Waals surface area contributed by atoms with Crippen molar-refractivity contribution in [1.82, 2.24) is 0 Å². The smallest absolute Gasteiger partial charge is 0.420 e. The Balaban J connectivity index is 3.87. The minimum atomic E-state index is -5.69. The van der Waals surface area contributed by atoms with Crippen LogP contribution in [0.5, 0.6) is 5.75 Å². The fourth-order valence-corrected chi connectivity index (χ4v) is 2.33. The third-order valence-corrected chi connectivity index (χ3v) is 3.23. The predicted octanol–water partition coefficient (Wildman–Crippen LogP) is 3.54. The van der Waals surface area contributed by atoms with Crippen LogP contribution in [-0.2, 0) is 22.5 Å². The Kier molecular flexibility index (Phi) is 4.82. The van der Waals surface area contributed by atoms with Gasteiger partial charge in [-0.15, -0.1) is 0 Å². The molecule has 0 bridgehead atoms. The number of benzene rings is 1. The SMILES string of the molecule is C=CCOc1ccc(S(=O)(=O)O)c(C(F)(F)F)c1C(F)(F)F. The van der Waals surface area contributed by atoms with E-state index in [4.69, 9.17) is 4.55 Å². The van der Waals surface area contributed by atoms with E-state index in [2.05, 4.69) is 11.3 Å². The van der Waals surface area contributed by atoms with Crippen molar-refractivity contribution < 1.29 is 44.0 Å². The van der Waals surface area contributed by atoms with Gasteiger partial charge in [0.2, 0.25) is 0 Å². The van der Waals surface area contributed by atoms with Crippen molar-refractivity contribution >= 4 is 10.1 Å². The first-order valence-electron chi connectivity index (χ1n) is 5.32. The average Bonchev–Trinajstić information content (AvgIpc) is 2.31. The molecule has 11 heteroatoms. The van der Waals surface area contributed by atoms with Crippen LogP contribution in [0.2, 0.25) is 0 Å². The Hall–Kier alpha value is -1.75. The third kappa shape index (κ3) is 3.91. The maximum atomic E-state index is 13.0. The van der Waals surface area contributed by atoms with E-state index in [1.54, 1.807) is 0 Å². The number of rotatable bonds is 4. The van der Waals surface area contributed by atoms with Crippen LogP contribution in [0, 0.1) is 0 Å². The fraction of sp³-hybridized carbons (Fsp3) is 0.273. The molecule has 1 N–H and O–H groups in total. The first-order chi connectivity index (χ1) is 9.80. The average molecular weight is 350 g/mol. The van der Waals surface area contributed by atoms with Gasteiger partial charge >= 0.3 is 12.4 Å². The molecule has 0 saturated carbocycles. The summed E-state index contributed by atoms with van der Waals surface area (Å²) in [6.45, 7) is 2.60. The summed E-state index contributed by atoms with van der Waals surface area (Å²) in [4.78, 5) is -1.90. The number of ether oxygens (including phenoxy) is 1. The van der Waals surface area contributed by atoms with E-state index in [1.807, 2.05) is 0 Å². The van der Waals surface area contributed by atoms with Gasteiger partial charge in [0.25, 0.3) is 10.1 Å². The molecule has 1 rings (SSSR count). The van der Waals surface area contributed by atoms with Gasteiger partial charge in [-0.25, -0.2) is 0 Å². The van der Waals surface area contributed by atoms with Crippen LogP contribution >= 0.6 is 0 Å². The zero-order valence-corrected chi connectivity index (χ0v) is 11.3. The highest BCUT2D eigenvalue weighted by Crippen LogP contribution is 2.47. The summed E-state index contributed by atoms with van der Waals surface area (Å²) in [7, 11) is -5.53. The van der Waals surface area contributed by atoms with Crippen molar-refractivity contribution in [3.05, 3.63) is 35.9 Å². The zero-order chi connectivity index (χ0) is 17.3. The van der Waals surface area contributed by atoms with Crippen LogP contribution in [0.1, 0.15) is 11.1 Å². The van der Waals surface area contributed by atoms with Crippen molar-refractivity contribution in [2.24, 2.45) is 0 Å². The lowest BCUT2D eigenvalue weighted by Gasteiger charge is -2.21. The number of hydrogen-bond donors (Lipinski definition) is 1. The Morgan fingerprint density at radius 2 is 1.59 bits per heavy atom. The first kappa shape index (κ1) is 18.3. The van der Waals surface area contributed by atoms with Gasteiger partial charge in [-0.05, 0) is 12.1 Å². The maximum Gasteiger partial charge on any atom is 0.420 e. The van der Waals surface area contributed by atoms with Gasteiger partial charge in [-0.1, -0.05) is 12.7 Å². The highest BCUT2D eigenvalue weighted by atomic mass is 32.2. The summed E-state index contributed by atoms with van der Waals surface area (Å²) >= 11 is 0. The molecule has 0 aliphatic heterocycles. The summed E-state index contributed by atoms with van der Waals surface area (Å²) in [5.41, 5.74) is -4.87. The molecular weight excluding hydrogens is 342 g/mol. The predicted molar refractivity (Wildman–Crippen MR) is 62.0 cm³/mol. The van der Waals surface area contributed by atoms with Crippen LogP contribution < -0.4 is 4.74 Å². The summed E-state index contributed by atoms with van der Waals surface area (Å²) in [5.74, 6) is -1.23. The molecule has 0 atom stereocenters. The molecule has 1 aromatic carbocycles. The van der Waals surface area contributed by atoms with E-state index in [0.29, 0.717) is 6.07 Å². The standard InChI is InChI=1S/C11H8F6O4S/c1-2-5-21-6-3-4-7(22(18,19)20)9(11(15,16)17)8(6)10(12,13)14/h2-4H,1,5H2,(H,18,19,20). The summed E-state index contributed by atoms with van der Waals surface area (Å²) in [5, 5.41) is 0. The van der Waals surface area contributed by atoms with Crippen LogP contribution in [0.25, 0.3) is 0 Å². The quantitative estimate of drug-likeness (QED) is 0.513. The van der Waals surface area contributed by atoms with Gasteiger partial charge < -0.3 is 4.74 Å². The highest BCUT2D eigenvalue weighted by Gasteiger charge is 2.49. The summed E-state index contributed by atoms with van der Waals surface area (Å²) in [6.07, 6.45) is -10.3. The molecule has 1 aromatic rings. The van der Waals surface area contributed by atoms with Gasteiger partial charge in [-0.3, -0.25) is 4.55 Å². The molecule has 0 amide bonds. The topological polar surface area (TPSA) is 63.6 Å². The minimum Gasteiger partial charge on any atom is -0.489 e. The second-order valence-corrected chi connectivity index (χ2v) is 5.27. The van der Waals surface area contributed by atoms with Crippen molar-refractivity contribution in [3.8, 4) is 5.75 Å². The zero-order valence-electron chi connectivity index (χ0n) is 10.5. The van der Waals surface area contributed by atoms with Crippen molar-refractivity contribution in [2.75, 3.05) is 6.61 Å². The highest BCUT2D eigenvalue weighted by molar-refractivity contribution is 7.85. The Bertz CT molecular complexity index is 675. The fourth-order valence-electron chi connectivity index (χ4n) is 1.61. The van der Waals surface area contributed by atoms with E-state index < -0.39 is 50.8 Å². The second-order valence-electron chi connectivity index (χ2n) is 3.88. The van der Waals surface area contributed by atoms with Crippen molar-refractivity contribution in [1.29, 1.82) is 0 Å². The Labute approximate surface area is 120 Å². The molecule has 22 heavy (non-hydrogen) atoms. The lowest BCUT2D eigenvalue weighted by Crippen LogP contribution is -2.22. The summed E-state index contributed by atoms with van der Waals surface area (Å²) < 4.78 is 113. The maximum absolute atomic E-state index is 13.0. The van der Waals surface area contributed by atoms with Crippen LogP contribution in [0.4, 0.5) is 26.3 Å². The second kappa shape index (κ2) is 5.80. The summed E-state index contributed by atoms with van der Waals surface area (Å²) in [6, 6.07) is 0.566. The van der Waals surface area contributed by atoms with E-state index in [9.17, 15) is 34.8 Å². The van der Waals surface area contributed by atoms with Crippen LogP contribution in [-0.4, -0.2) is 19.6 Å². The Morgan fingerprint density at radius 3 is 1.95 bits per heavy atom. The molecule has 0 aliphatic rings. The molecule has 0 aliphatic carbocycles. The molecule has 4 nitrogen and oxygen atoms in total. The van der Waals surface area contributed by atoms with Crippen molar-refractivity contribution in [2.45, 2.75) is 17.2 Å². The lowest BCUT2D eigenvalue weighted by atomic mass is 10.1. The molecule has 0 saturated heterocycles. The van der Waals surface area contributed by atoms with Crippen molar-refractivity contribution in [3.63, 3.8) is 0 Å². The molecule has 124 valence electrons. The molecular formula is C11H8F6O4S. The normalized spacial score (nSPS) is 13.0. The largest absolute Gasteiger partial charge is 0.489 e. The molecule has 0 radical (unpaired) electrons. The third-order valence-electron chi connectivity index (χ3n) is 2.33. The minimum absolute atomic E-state index is 0.186. The first-order valence-corrected chi connectivity index (χ1v) is 6.76. The van der Waals surface area contributed by atoms with Gasteiger partial charge in [-0.2, -0.15) is 34.8 Å². The van der Waals surface area contributed by atoms with Crippen LogP contribution in [0.15, 0.2) is 29.7 Å². The van der Waals surface area contributed by atoms with E-state index >= 15 is 0 Å². The van der Waals surface area contributed by atoms with E-state index in [0.717, 1.165) is 6.08 Å². The van der Waals surface area contributed by atoms with Gasteiger partial charge in [0.15, 0.2) is 0 Å². The monoisotopic (exact) mass is 350 g/mol. The van der Waals surface area contributed by atoms with E-state index in [-0.39, 0.29) is 6.07 Å². The molecule has 0 fully saturated rings.